The van der Waals surface area contributed by atoms with E-state index in [2.05, 4.69) is 59.8 Å². The smallest absolute Gasteiger partial charge is 0.0585 e. The fourth-order valence-electron chi connectivity index (χ4n) is 8.96. The van der Waals surface area contributed by atoms with E-state index < -0.39 is 0 Å². The highest BCUT2D eigenvalue weighted by atomic mass is 16.3. The van der Waals surface area contributed by atoms with Crippen LogP contribution in [0.2, 0.25) is 0 Å². The lowest BCUT2D eigenvalue weighted by atomic mass is 9.46. The lowest BCUT2D eigenvalue weighted by molar-refractivity contribution is -0.127. The van der Waals surface area contributed by atoms with Crippen LogP contribution in [0.4, 0.5) is 0 Å². The van der Waals surface area contributed by atoms with Crippen molar-refractivity contribution in [3.63, 3.8) is 0 Å². The molecule has 4 rings (SSSR count). The van der Waals surface area contributed by atoms with Crippen molar-refractivity contribution < 1.29 is 10.2 Å². The Kier molecular flexibility index (Phi) is 6.56. The summed E-state index contributed by atoms with van der Waals surface area (Å²) in [7, 11) is 0. The predicted molar refractivity (Wildman–Crippen MR) is 130 cm³/mol. The number of hydrogen-bond acceptors (Lipinski definition) is 2. The monoisotopic (exact) mass is 428 g/mol. The van der Waals surface area contributed by atoms with Crippen molar-refractivity contribution in [2.75, 3.05) is 0 Å². The minimum atomic E-state index is -0.203. The Bertz CT molecular complexity index is 708. The fraction of sp³-hybridized carbons (Fsp3) is 0.862. The average Bonchev–Trinajstić information content (AvgIpc) is 3.04. The molecule has 0 spiro atoms. The summed E-state index contributed by atoms with van der Waals surface area (Å²) in [6.45, 7) is 14.3. The topological polar surface area (TPSA) is 40.5 Å². The van der Waals surface area contributed by atoms with E-state index in [1.165, 1.54) is 24.8 Å². The Hall–Kier alpha value is -0.600. The predicted octanol–water partition coefficient (Wildman–Crippen LogP) is 6.77. The van der Waals surface area contributed by atoms with E-state index in [1.807, 2.05) is 0 Å². The molecule has 4 aliphatic carbocycles. The Labute approximate surface area is 191 Å². The average molecular weight is 429 g/mol. The van der Waals surface area contributed by atoms with Crippen LogP contribution in [0, 0.1) is 52.3 Å². The van der Waals surface area contributed by atoms with Gasteiger partial charge in [0.2, 0.25) is 0 Å². The number of aliphatic hydroxyl groups excluding tert-OH is 2. The Morgan fingerprint density at radius 3 is 2.52 bits per heavy atom. The van der Waals surface area contributed by atoms with Gasteiger partial charge in [-0.25, -0.2) is 0 Å². The van der Waals surface area contributed by atoms with Crippen LogP contribution in [0.15, 0.2) is 23.8 Å². The molecule has 3 fully saturated rings. The van der Waals surface area contributed by atoms with Gasteiger partial charge in [-0.15, -0.1) is 0 Å². The Morgan fingerprint density at radius 2 is 1.84 bits per heavy atom. The molecule has 0 aromatic heterocycles. The van der Waals surface area contributed by atoms with Gasteiger partial charge in [0.05, 0.1) is 12.2 Å². The van der Waals surface area contributed by atoms with Gasteiger partial charge < -0.3 is 10.2 Å². The third-order valence-electron chi connectivity index (χ3n) is 10.7. The largest absolute Gasteiger partial charge is 0.393 e. The zero-order valence-electron chi connectivity index (χ0n) is 21.0. The molecule has 2 nitrogen and oxygen atoms in total. The molecule has 0 aliphatic heterocycles. The molecule has 176 valence electrons. The van der Waals surface area contributed by atoms with Crippen LogP contribution in [0.3, 0.4) is 0 Å². The van der Waals surface area contributed by atoms with E-state index in [0.29, 0.717) is 35.5 Å². The lowest BCUT2D eigenvalue weighted by Crippen LogP contribution is -2.56. The van der Waals surface area contributed by atoms with Crippen molar-refractivity contribution in [2.24, 2.45) is 52.3 Å². The van der Waals surface area contributed by atoms with Crippen LogP contribution < -0.4 is 0 Å². The van der Waals surface area contributed by atoms with Crippen LogP contribution in [-0.4, -0.2) is 22.4 Å². The Morgan fingerprint density at radius 1 is 1.10 bits per heavy atom. The molecule has 0 radical (unpaired) electrons. The van der Waals surface area contributed by atoms with Gasteiger partial charge in [0.15, 0.2) is 0 Å². The van der Waals surface area contributed by atoms with Gasteiger partial charge >= 0.3 is 0 Å². The summed E-state index contributed by atoms with van der Waals surface area (Å²) in [5, 5.41) is 21.9. The second kappa shape index (κ2) is 8.64. The van der Waals surface area contributed by atoms with Gasteiger partial charge in [-0.05, 0) is 104 Å². The molecular formula is C29H48O2. The molecule has 0 aromatic carbocycles. The minimum absolute atomic E-state index is 0.0953. The van der Waals surface area contributed by atoms with E-state index in [0.717, 1.165) is 38.0 Å². The molecule has 31 heavy (non-hydrogen) atoms. The fourth-order valence-corrected chi connectivity index (χ4v) is 8.96. The SMILES string of the molecule is CCC(C=CC(C)C1CCC2C3CC=C4CC(O)CCC4(C)C3C(O)CC12C)C(C)C. The molecular weight excluding hydrogens is 380 g/mol. The van der Waals surface area contributed by atoms with Gasteiger partial charge in [-0.1, -0.05) is 65.3 Å². The summed E-state index contributed by atoms with van der Waals surface area (Å²) in [6.07, 6.45) is 15.8. The second-order valence-corrected chi connectivity index (χ2v) is 12.6. The number of fused-ring (bicyclic) bond motifs is 5. The highest BCUT2D eigenvalue weighted by Gasteiger charge is 2.61. The van der Waals surface area contributed by atoms with Crippen molar-refractivity contribution >= 4 is 0 Å². The summed E-state index contributed by atoms with van der Waals surface area (Å²) in [6, 6.07) is 0. The molecule has 4 aliphatic rings. The van der Waals surface area contributed by atoms with Crippen molar-refractivity contribution in [2.45, 2.75) is 105 Å². The summed E-state index contributed by atoms with van der Waals surface area (Å²) in [4.78, 5) is 0. The van der Waals surface area contributed by atoms with Gasteiger partial charge in [0.25, 0.3) is 0 Å². The van der Waals surface area contributed by atoms with Crippen LogP contribution >= 0.6 is 0 Å². The standard InChI is InChI=1S/C29H48O2/c1-7-20(18(2)3)9-8-19(4)24-12-13-25-23-11-10-21-16-22(30)14-15-28(21,5)27(23)26(31)17-29(24,25)6/h8-10,18-20,22-27,30-31H,7,11-17H2,1-6H3. The molecule has 2 heteroatoms. The summed E-state index contributed by atoms with van der Waals surface area (Å²) < 4.78 is 0. The maximum atomic E-state index is 11.6. The molecule has 2 N–H and O–H groups in total. The Balaban J connectivity index is 1.57. The molecule has 0 bridgehead atoms. The molecule has 0 aromatic rings. The summed E-state index contributed by atoms with van der Waals surface area (Å²) >= 11 is 0. The van der Waals surface area contributed by atoms with Crippen molar-refractivity contribution in [1.82, 2.24) is 0 Å². The minimum Gasteiger partial charge on any atom is -0.393 e. The van der Waals surface area contributed by atoms with Gasteiger partial charge in [-0.3, -0.25) is 0 Å². The van der Waals surface area contributed by atoms with Crippen LogP contribution in [0.1, 0.15) is 92.9 Å². The van der Waals surface area contributed by atoms with Crippen LogP contribution in [0.25, 0.3) is 0 Å². The van der Waals surface area contributed by atoms with Gasteiger partial charge in [-0.2, -0.15) is 0 Å². The molecule has 10 unspecified atom stereocenters. The summed E-state index contributed by atoms with van der Waals surface area (Å²) in [5.41, 5.74) is 1.79. The van der Waals surface area contributed by atoms with Gasteiger partial charge in [0.1, 0.15) is 0 Å². The zero-order valence-corrected chi connectivity index (χ0v) is 21.0. The van der Waals surface area contributed by atoms with Gasteiger partial charge in [0, 0.05) is 0 Å². The first-order valence-electron chi connectivity index (χ1n) is 13.4. The molecule has 3 saturated carbocycles. The highest BCUT2D eigenvalue weighted by molar-refractivity contribution is 5.26. The maximum absolute atomic E-state index is 11.6. The number of aliphatic hydroxyl groups is 2. The van der Waals surface area contributed by atoms with Crippen molar-refractivity contribution in [3.05, 3.63) is 23.8 Å². The zero-order chi connectivity index (χ0) is 22.6. The normalized spacial score (nSPS) is 46.9. The molecule has 0 saturated heterocycles. The van der Waals surface area contributed by atoms with Crippen molar-refractivity contribution in [1.29, 1.82) is 0 Å². The summed E-state index contributed by atoms with van der Waals surface area (Å²) in [5.74, 6) is 4.37. The first-order chi connectivity index (χ1) is 14.6. The quantitative estimate of drug-likeness (QED) is 0.474. The number of rotatable bonds is 5. The lowest BCUT2D eigenvalue weighted by Gasteiger charge is -2.60. The van der Waals surface area contributed by atoms with Crippen LogP contribution in [-0.2, 0) is 0 Å². The highest BCUT2D eigenvalue weighted by Crippen LogP contribution is 2.67. The first-order valence-corrected chi connectivity index (χ1v) is 13.4. The molecule has 0 heterocycles. The molecule has 0 amide bonds. The number of allylic oxidation sites excluding steroid dienone is 3. The van der Waals surface area contributed by atoms with E-state index in [4.69, 9.17) is 0 Å². The van der Waals surface area contributed by atoms with Crippen molar-refractivity contribution in [3.8, 4) is 0 Å². The third kappa shape index (κ3) is 3.88. The van der Waals surface area contributed by atoms with E-state index in [-0.39, 0.29) is 23.0 Å². The first kappa shape index (κ1) is 23.6. The third-order valence-corrected chi connectivity index (χ3v) is 10.7. The maximum Gasteiger partial charge on any atom is 0.0585 e. The van der Waals surface area contributed by atoms with Crippen LogP contribution in [0.5, 0.6) is 0 Å². The molecule has 10 atom stereocenters. The van der Waals surface area contributed by atoms with E-state index in [1.54, 1.807) is 0 Å². The second-order valence-electron chi connectivity index (χ2n) is 12.6. The number of hydrogen-bond donors (Lipinski definition) is 2. The van der Waals surface area contributed by atoms with E-state index >= 15 is 0 Å². The van der Waals surface area contributed by atoms with E-state index in [9.17, 15) is 10.2 Å².